The highest BCUT2D eigenvalue weighted by atomic mass is 16.5. The van der Waals surface area contributed by atoms with Gasteiger partial charge in [-0.25, -0.2) is 0 Å². The van der Waals surface area contributed by atoms with Gasteiger partial charge in [-0.2, -0.15) is 0 Å². The number of aliphatic hydroxyl groups is 1. The molecule has 2 unspecified atom stereocenters. The largest absolute Gasteiger partial charge is 0.507 e. The average molecular weight is 289 g/mol. The van der Waals surface area contributed by atoms with Gasteiger partial charge in [0.05, 0.1) is 6.10 Å². The fourth-order valence-corrected chi connectivity index (χ4v) is 2.50. The molecule has 0 aromatic heterocycles. The number of fused-ring (bicyclic) bond motifs is 1. The molecule has 1 aliphatic heterocycles. The minimum Gasteiger partial charge on any atom is -0.507 e. The van der Waals surface area contributed by atoms with Crippen molar-refractivity contribution in [3.05, 3.63) is 41.5 Å². The van der Waals surface area contributed by atoms with E-state index in [0.717, 1.165) is 0 Å². The number of anilines is 1. The monoisotopic (exact) mass is 289 g/mol. The maximum Gasteiger partial charge on any atom is 0.157 e. The Morgan fingerprint density at radius 3 is 2.48 bits per heavy atom. The molecule has 110 valence electrons. The second kappa shape index (κ2) is 4.75. The summed E-state index contributed by atoms with van der Waals surface area (Å²) in [5, 5.41) is 38.9. The van der Waals surface area contributed by atoms with Crippen LogP contribution in [0.5, 0.6) is 23.0 Å². The minimum absolute atomic E-state index is 0.0175. The number of phenolic OH excluding ortho intramolecular Hbond substituents is 3. The molecule has 6 N–H and O–H groups in total. The SMILES string of the molecule is Nc1cc(O)c2c(c1)OC(c1ccc(O)c(O)c1)C(O)C2. The van der Waals surface area contributed by atoms with Crippen LogP contribution in [0.1, 0.15) is 17.2 Å². The Hall–Kier alpha value is -2.60. The van der Waals surface area contributed by atoms with Gasteiger partial charge in [0.1, 0.15) is 17.6 Å². The van der Waals surface area contributed by atoms with E-state index in [4.69, 9.17) is 10.5 Å². The van der Waals surface area contributed by atoms with E-state index in [1.807, 2.05) is 0 Å². The molecule has 3 rings (SSSR count). The van der Waals surface area contributed by atoms with Crippen LogP contribution in [0, 0.1) is 0 Å². The molecular weight excluding hydrogens is 274 g/mol. The van der Waals surface area contributed by atoms with E-state index in [-0.39, 0.29) is 23.7 Å². The Bertz CT molecular complexity index is 701. The fraction of sp³-hybridized carbons (Fsp3) is 0.200. The van der Waals surface area contributed by atoms with Crippen LogP contribution in [0.4, 0.5) is 5.69 Å². The van der Waals surface area contributed by atoms with E-state index in [1.165, 1.54) is 18.2 Å². The summed E-state index contributed by atoms with van der Waals surface area (Å²) in [5.41, 5.74) is 7.04. The van der Waals surface area contributed by atoms with Crippen LogP contribution in [0.3, 0.4) is 0 Å². The summed E-state index contributed by atoms with van der Waals surface area (Å²) in [4.78, 5) is 0. The molecule has 0 bridgehead atoms. The van der Waals surface area contributed by atoms with Crippen molar-refractivity contribution in [2.45, 2.75) is 18.6 Å². The van der Waals surface area contributed by atoms with Crippen LogP contribution in [0.2, 0.25) is 0 Å². The Morgan fingerprint density at radius 2 is 1.76 bits per heavy atom. The predicted octanol–water partition coefficient (Wildman–Crippen LogP) is 1.42. The van der Waals surface area contributed by atoms with Crippen molar-refractivity contribution in [2.75, 3.05) is 5.73 Å². The van der Waals surface area contributed by atoms with Crippen molar-refractivity contribution in [3.63, 3.8) is 0 Å². The second-order valence-electron chi connectivity index (χ2n) is 5.07. The number of benzene rings is 2. The smallest absolute Gasteiger partial charge is 0.157 e. The Kier molecular flexibility index (Phi) is 3.03. The Balaban J connectivity index is 2.00. The molecule has 2 aromatic rings. The van der Waals surface area contributed by atoms with Gasteiger partial charge in [-0.3, -0.25) is 0 Å². The number of aliphatic hydroxyl groups excluding tert-OH is 1. The zero-order valence-corrected chi connectivity index (χ0v) is 11.0. The van der Waals surface area contributed by atoms with Gasteiger partial charge in [0.25, 0.3) is 0 Å². The van der Waals surface area contributed by atoms with E-state index < -0.39 is 12.2 Å². The maximum absolute atomic E-state index is 10.2. The molecular formula is C15H15NO5. The highest BCUT2D eigenvalue weighted by Gasteiger charge is 2.32. The van der Waals surface area contributed by atoms with Crippen LogP contribution in [0.15, 0.2) is 30.3 Å². The number of hydrogen-bond donors (Lipinski definition) is 5. The van der Waals surface area contributed by atoms with Gasteiger partial charge in [-0.05, 0) is 17.7 Å². The zero-order chi connectivity index (χ0) is 15.1. The number of ether oxygens (including phenoxy) is 1. The molecule has 0 radical (unpaired) electrons. The molecule has 0 saturated heterocycles. The summed E-state index contributed by atoms with van der Waals surface area (Å²) in [6.45, 7) is 0. The highest BCUT2D eigenvalue weighted by molar-refractivity contribution is 5.57. The average Bonchev–Trinajstić information content (AvgIpc) is 2.42. The molecule has 6 heteroatoms. The molecule has 2 atom stereocenters. The lowest BCUT2D eigenvalue weighted by molar-refractivity contribution is 0.0199. The quantitative estimate of drug-likeness (QED) is 0.400. The van der Waals surface area contributed by atoms with Gasteiger partial charge in [0, 0.05) is 29.8 Å². The highest BCUT2D eigenvalue weighted by Crippen LogP contribution is 2.41. The molecule has 0 aliphatic carbocycles. The molecule has 0 saturated carbocycles. The van der Waals surface area contributed by atoms with Crippen LogP contribution in [0.25, 0.3) is 0 Å². The Morgan fingerprint density at radius 1 is 1.00 bits per heavy atom. The summed E-state index contributed by atoms with van der Waals surface area (Å²) >= 11 is 0. The number of phenols is 3. The second-order valence-corrected chi connectivity index (χ2v) is 5.07. The molecule has 1 heterocycles. The van der Waals surface area contributed by atoms with Gasteiger partial charge in [-0.1, -0.05) is 6.07 Å². The predicted molar refractivity (Wildman–Crippen MR) is 75.4 cm³/mol. The first-order valence-electron chi connectivity index (χ1n) is 6.43. The maximum atomic E-state index is 10.2. The molecule has 2 aromatic carbocycles. The Labute approximate surface area is 120 Å². The van der Waals surface area contributed by atoms with Gasteiger partial charge < -0.3 is 30.9 Å². The zero-order valence-electron chi connectivity index (χ0n) is 11.0. The fourth-order valence-electron chi connectivity index (χ4n) is 2.50. The standard InChI is InChI=1S/C15H15NO5/c16-8-4-11(18)9-6-13(20)15(21-14(9)5-8)7-1-2-10(17)12(19)3-7/h1-5,13,15,17-20H,6,16H2. The van der Waals surface area contributed by atoms with Crippen LogP contribution >= 0.6 is 0 Å². The van der Waals surface area contributed by atoms with Gasteiger partial charge >= 0.3 is 0 Å². The van der Waals surface area contributed by atoms with Crippen molar-refractivity contribution in [1.82, 2.24) is 0 Å². The summed E-state index contributed by atoms with van der Waals surface area (Å²) in [6.07, 6.45) is -1.41. The molecule has 0 spiro atoms. The number of nitrogens with two attached hydrogens (primary N) is 1. The molecule has 0 amide bonds. The first-order valence-corrected chi connectivity index (χ1v) is 6.43. The number of rotatable bonds is 1. The lowest BCUT2D eigenvalue weighted by Crippen LogP contribution is -2.30. The van der Waals surface area contributed by atoms with Crippen LogP contribution < -0.4 is 10.5 Å². The van der Waals surface area contributed by atoms with Crippen molar-refractivity contribution in [3.8, 4) is 23.0 Å². The first kappa shape index (κ1) is 13.4. The van der Waals surface area contributed by atoms with Gasteiger partial charge in [0.2, 0.25) is 0 Å². The number of nitrogen functional groups attached to an aromatic ring is 1. The third kappa shape index (κ3) is 2.30. The van der Waals surface area contributed by atoms with E-state index in [9.17, 15) is 20.4 Å². The van der Waals surface area contributed by atoms with E-state index in [0.29, 0.717) is 22.6 Å². The third-order valence-corrected chi connectivity index (χ3v) is 3.55. The summed E-state index contributed by atoms with van der Waals surface area (Å²) < 4.78 is 5.70. The minimum atomic E-state index is -0.893. The lowest BCUT2D eigenvalue weighted by Gasteiger charge is -2.31. The molecule has 21 heavy (non-hydrogen) atoms. The van der Waals surface area contributed by atoms with Gasteiger partial charge in [0.15, 0.2) is 11.5 Å². The summed E-state index contributed by atoms with van der Waals surface area (Å²) in [5.74, 6) is -0.151. The van der Waals surface area contributed by atoms with Crippen molar-refractivity contribution < 1.29 is 25.2 Å². The van der Waals surface area contributed by atoms with E-state index in [2.05, 4.69) is 0 Å². The van der Waals surface area contributed by atoms with Crippen LogP contribution in [-0.4, -0.2) is 26.5 Å². The van der Waals surface area contributed by atoms with Crippen molar-refractivity contribution >= 4 is 5.69 Å². The molecule has 0 fully saturated rings. The topological polar surface area (TPSA) is 116 Å². The van der Waals surface area contributed by atoms with Gasteiger partial charge in [-0.15, -0.1) is 0 Å². The molecule has 6 nitrogen and oxygen atoms in total. The normalized spacial score (nSPS) is 20.6. The third-order valence-electron chi connectivity index (χ3n) is 3.55. The summed E-state index contributed by atoms with van der Waals surface area (Å²) in [6, 6.07) is 7.20. The van der Waals surface area contributed by atoms with Crippen molar-refractivity contribution in [2.24, 2.45) is 0 Å². The van der Waals surface area contributed by atoms with Crippen molar-refractivity contribution in [1.29, 1.82) is 0 Å². The van der Waals surface area contributed by atoms with E-state index >= 15 is 0 Å². The molecule has 1 aliphatic rings. The first-order chi connectivity index (χ1) is 9.95. The number of hydrogen-bond acceptors (Lipinski definition) is 6. The number of aromatic hydroxyl groups is 3. The summed E-state index contributed by atoms with van der Waals surface area (Å²) in [7, 11) is 0. The van der Waals surface area contributed by atoms with E-state index in [1.54, 1.807) is 12.1 Å². The lowest BCUT2D eigenvalue weighted by atomic mass is 9.94. The van der Waals surface area contributed by atoms with Crippen LogP contribution in [-0.2, 0) is 6.42 Å².